The van der Waals surface area contributed by atoms with Gasteiger partial charge in [-0.05, 0) is 71.6 Å². The van der Waals surface area contributed by atoms with Gasteiger partial charge in [0.2, 0.25) is 0 Å². The Bertz CT molecular complexity index is 1200. The van der Waals surface area contributed by atoms with E-state index in [1.165, 1.54) is 30.6 Å². The van der Waals surface area contributed by atoms with Gasteiger partial charge in [-0.3, -0.25) is 4.90 Å². The van der Waals surface area contributed by atoms with Gasteiger partial charge in [-0.1, -0.05) is 75.4 Å². The molecule has 0 bridgehead atoms. The van der Waals surface area contributed by atoms with E-state index in [4.69, 9.17) is 19.9 Å². The van der Waals surface area contributed by atoms with Crippen molar-refractivity contribution in [2.24, 2.45) is 17.6 Å². The molecular formula is C35H46N2O4. The Morgan fingerprint density at radius 2 is 1.54 bits per heavy atom. The second kappa shape index (κ2) is 14.5. The van der Waals surface area contributed by atoms with Crippen molar-refractivity contribution in [1.29, 1.82) is 0 Å². The molecule has 6 nitrogen and oxygen atoms in total. The van der Waals surface area contributed by atoms with Crippen LogP contribution in [0.1, 0.15) is 50.8 Å². The highest BCUT2D eigenvalue weighted by Crippen LogP contribution is 2.45. The maximum absolute atomic E-state index is 12.4. The lowest BCUT2D eigenvalue weighted by molar-refractivity contribution is -0.151. The molecule has 1 heterocycles. The molecule has 0 radical (unpaired) electrons. The van der Waals surface area contributed by atoms with Crippen molar-refractivity contribution in [2.75, 3.05) is 32.8 Å². The Hall–Kier alpha value is -3.35. The molecule has 3 aromatic rings. The van der Waals surface area contributed by atoms with Crippen molar-refractivity contribution in [1.82, 2.24) is 4.90 Å². The third kappa shape index (κ3) is 9.61. The lowest BCUT2D eigenvalue weighted by Gasteiger charge is -2.21. The molecule has 3 atom stereocenters. The van der Waals surface area contributed by atoms with Crippen molar-refractivity contribution >= 4 is 5.97 Å². The van der Waals surface area contributed by atoms with Crippen LogP contribution in [0.4, 0.5) is 0 Å². The summed E-state index contributed by atoms with van der Waals surface area (Å²) >= 11 is 0. The van der Waals surface area contributed by atoms with Gasteiger partial charge in [0.25, 0.3) is 0 Å². The van der Waals surface area contributed by atoms with Crippen molar-refractivity contribution in [2.45, 2.75) is 58.6 Å². The maximum Gasteiger partial charge on any atom is 0.347 e. The number of carbonyl (C=O) groups excluding carboxylic acids is 1. The summed E-state index contributed by atoms with van der Waals surface area (Å²) in [7, 11) is 0. The van der Waals surface area contributed by atoms with E-state index in [2.05, 4.69) is 56.0 Å². The van der Waals surface area contributed by atoms with E-state index in [1.807, 2.05) is 48.5 Å². The van der Waals surface area contributed by atoms with Crippen LogP contribution in [0.5, 0.6) is 11.5 Å². The molecule has 5 rings (SSSR count). The maximum atomic E-state index is 12.4. The summed E-state index contributed by atoms with van der Waals surface area (Å²) in [6.07, 6.45) is 1.21. The summed E-state index contributed by atoms with van der Waals surface area (Å²) in [5, 5.41) is 0. The summed E-state index contributed by atoms with van der Waals surface area (Å²) in [5.74, 6) is 3.15. The highest BCUT2D eigenvalue weighted by atomic mass is 16.6. The molecular weight excluding hydrogens is 512 g/mol. The highest BCUT2D eigenvalue weighted by molar-refractivity contribution is 5.75. The quantitative estimate of drug-likeness (QED) is 0.291. The van der Waals surface area contributed by atoms with Crippen LogP contribution >= 0.6 is 0 Å². The molecule has 0 aromatic heterocycles. The molecule has 1 saturated carbocycles. The highest BCUT2D eigenvalue weighted by Gasteiger charge is 2.44. The molecule has 6 heteroatoms. The summed E-state index contributed by atoms with van der Waals surface area (Å²) in [6.45, 7) is 13.4. The number of rotatable bonds is 11. The Morgan fingerprint density at radius 3 is 2.12 bits per heavy atom. The Labute approximate surface area is 245 Å². The Balaban J connectivity index is 0.000000243. The van der Waals surface area contributed by atoms with Gasteiger partial charge in [-0.25, -0.2) is 4.79 Å². The topological polar surface area (TPSA) is 74.0 Å². The van der Waals surface area contributed by atoms with Crippen molar-refractivity contribution < 1.29 is 19.0 Å². The molecule has 1 aliphatic carbocycles. The molecule has 1 aliphatic heterocycles. The van der Waals surface area contributed by atoms with Crippen molar-refractivity contribution in [3.63, 3.8) is 0 Å². The zero-order valence-corrected chi connectivity index (χ0v) is 25.1. The number of hydrogen-bond acceptors (Lipinski definition) is 6. The lowest BCUT2D eigenvalue weighted by atomic mass is 9.87. The Morgan fingerprint density at radius 1 is 0.902 bits per heavy atom. The minimum absolute atomic E-state index is 0.0623. The van der Waals surface area contributed by atoms with Gasteiger partial charge in [-0.15, -0.1) is 0 Å². The van der Waals surface area contributed by atoms with Gasteiger partial charge in [0, 0.05) is 32.6 Å². The molecule has 220 valence electrons. The summed E-state index contributed by atoms with van der Waals surface area (Å²) in [6, 6.07) is 26.2. The average Bonchev–Trinajstić information content (AvgIpc) is 3.58. The van der Waals surface area contributed by atoms with E-state index in [9.17, 15) is 4.79 Å². The van der Waals surface area contributed by atoms with E-state index < -0.39 is 6.10 Å². The SMILES string of the molecule is CCOC(=O)C(Cc1ccc(OCCN)cc1)Oc1ccc(C(C)(C)C)cc1.c1ccc(CN2CC3CC3C2)cc1. The van der Waals surface area contributed by atoms with Gasteiger partial charge in [-0.2, -0.15) is 0 Å². The second-order valence-electron chi connectivity index (χ2n) is 12.1. The monoisotopic (exact) mass is 558 g/mol. The van der Waals surface area contributed by atoms with Gasteiger partial charge in [0.05, 0.1) is 6.61 Å². The smallest absolute Gasteiger partial charge is 0.347 e. The van der Waals surface area contributed by atoms with Crippen molar-refractivity contribution in [3.8, 4) is 11.5 Å². The first-order valence-electron chi connectivity index (χ1n) is 14.9. The number of benzene rings is 3. The minimum atomic E-state index is -0.712. The van der Waals surface area contributed by atoms with E-state index in [0.717, 1.165) is 29.7 Å². The molecule has 3 unspecified atom stereocenters. The standard InChI is InChI=1S/C23H31NO4.C12H15N/c1-5-26-22(25)21(16-17-6-10-19(11-7-17)27-15-14-24)28-20-12-8-18(9-13-20)23(2,3)4;1-2-4-10(5-3-1)7-13-8-11-6-12(11)9-13/h6-13,21H,5,14-16,24H2,1-4H3;1-5,11-12H,6-9H2. The zero-order valence-electron chi connectivity index (χ0n) is 25.1. The molecule has 0 amide bonds. The number of nitrogens with two attached hydrogens (primary N) is 1. The minimum Gasteiger partial charge on any atom is -0.492 e. The van der Waals surface area contributed by atoms with Crippen LogP contribution in [0.25, 0.3) is 0 Å². The van der Waals surface area contributed by atoms with E-state index in [-0.39, 0.29) is 11.4 Å². The summed E-state index contributed by atoms with van der Waals surface area (Å²) < 4.78 is 16.7. The fourth-order valence-electron chi connectivity index (χ4n) is 5.18. The van der Waals surface area contributed by atoms with Crippen LogP contribution in [0, 0.1) is 11.8 Å². The first kappa shape index (κ1) is 30.6. The van der Waals surface area contributed by atoms with E-state index >= 15 is 0 Å². The number of likely N-dealkylation sites (tertiary alicyclic amines) is 1. The predicted molar refractivity (Wildman–Crippen MR) is 164 cm³/mol. The lowest BCUT2D eigenvalue weighted by Crippen LogP contribution is -2.31. The average molecular weight is 559 g/mol. The van der Waals surface area contributed by atoms with Crippen LogP contribution in [0.2, 0.25) is 0 Å². The van der Waals surface area contributed by atoms with Crippen LogP contribution in [-0.2, 0) is 27.9 Å². The molecule has 2 aliphatic rings. The number of ether oxygens (including phenoxy) is 3. The van der Waals surface area contributed by atoms with Crippen LogP contribution in [-0.4, -0.2) is 49.8 Å². The van der Waals surface area contributed by atoms with Crippen molar-refractivity contribution in [3.05, 3.63) is 95.6 Å². The number of piperidine rings is 1. The fraction of sp³-hybridized carbons (Fsp3) is 0.457. The number of nitrogens with zero attached hydrogens (tertiary/aromatic N) is 1. The fourth-order valence-corrected chi connectivity index (χ4v) is 5.18. The third-order valence-corrected chi connectivity index (χ3v) is 7.58. The summed E-state index contributed by atoms with van der Waals surface area (Å²) in [5.41, 5.74) is 9.14. The molecule has 3 aromatic carbocycles. The zero-order chi connectivity index (χ0) is 29.2. The van der Waals surface area contributed by atoms with Gasteiger partial charge >= 0.3 is 5.97 Å². The first-order chi connectivity index (χ1) is 19.7. The molecule has 0 spiro atoms. The summed E-state index contributed by atoms with van der Waals surface area (Å²) in [4.78, 5) is 15.0. The normalized spacial score (nSPS) is 18.5. The third-order valence-electron chi connectivity index (χ3n) is 7.58. The number of esters is 1. The van der Waals surface area contributed by atoms with Crippen LogP contribution < -0.4 is 15.2 Å². The van der Waals surface area contributed by atoms with Gasteiger partial charge in [0.15, 0.2) is 6.10 Å². The molecule has 41 heavy (non-hydrogen) atoms. The molecule has 2 fully saturated rings. The van der Waals surface area contributed by atoms with Crippen LogP contribution in [0.3, 0.4) is 0 Å². The molecule has 1 saturated heterocycles. The largest absolute Gasteiger partial charge is 0.492 e. The van der Waals surface area contributed by atoms with Gasteiger partial charge in [0.1, 0.15) is 18.1 Å². The Kier molecular flexibility index (Phi) is 10.8. The van der Waals surface area contributed by atoms with Crippen LogP contribution in [0.15, 0.2) is 78.9 Å². The second-order valence-corrected chi connectivity index (χ2v) is 12.1. The predicted octanol–water partition coefficient (Wildman–Crippen LogP) is 6.01. The number of carbonyl (C=O) groups is 1. The number of hydrogen-bond donors (Lipinski definition) is 1. The van der Waals surface area contributed by atoms with E-state index in [1.54, 1.807) is 6.92 Å². The van der Waals surface area contributed by atoms with E-state index in [0.29, 0.717) is 31.9 Å². The van der Waals surface area contributed by atoms with Gasteiger partial charge < -0.3 is 19.9 Å². The molecule has 2 N–H and O–H groups in total. The number of fused-ring (bicyclic) bond motifs is 1. The first-order valence-corrected chi connectivity index (χ1v) is 14.9.